The van der Waals surface area contributed by atoms with E-state index < -0.39 is 6.03 Å². The van der Waals surface area contributed by atoms with Crippen molar-refractivity contribution in [2.75, 3.05) is 19.6 Å². The molecule has 0 saturated carbocycles. The fourth-order valence-electron chi connectivity index (χ4n) is 2.38. The van der Waals surface area contributed by atoms with E-state index in [0.717, 1.165) is 33.6 Å². The van der Waals surface area contributed by atoms with Crippen LogP contribution in [0.1, 0.15) is 28.1 Å². The van der Waals surface area contributed by atoms with Gasteiger partial charge in [0.1, 0.15) is 0 Å². The Balaban J connectivity index is 1.97. The molecule has 0 aromatic carbocycles. The summed E-state index contributed by atoms with van der Waals surface area (Å²) in [6, 6.07) is 1.41. The van der Waals surface area contributed by atoms with E-state index in [4.69, 9.17) is 5.73 Å². The minimum absolute atomic E-state index is 0.0765. The standard InChI is InChI=1S/C13H18BrN3O2S/c1-8-5-10(20-11(8)14)12(18)17-4-2-3-9(7-17)6-16-13(15)19/h5,9H,2-4,6-7H2,1H3,(H3,15,16,19). The zero-order valence-corrected chi connectivity index (χ0v) is 13.7. The van der Waals surface area contributed by atoms with E-state index in [-0.39, 0.29) is 11.8 Å². The first-order valence-electron chi connectivity index (χ1n) is 6.56. The third-order valence-electron chi connectivity index (χ3n) is 3.44. The number of urea groups is 1. The number of hydrogen-bond donors (Lipinski definition) is 2. The maximum Gasteiger partial charge on any atom is 0.312 e. The highest BCUT2D eigenvalue weighted by Crippen LogP contribution is 2.29. The molecule has 1 saturated heterocycles. The highest BCUT2D eigenvalue weighted by atomic mass is 79.9. The van der Waals surface area contributed by atoms with Crippen LogP contribution in [0.25, 0.3) is 0 Å². The molecule has 5 nitrogen and oxygen atoms in total. The summed E-state index contributed by atoms with van der Waals surface area (Å²) in [6.45, 7) is 3.97. The van der Waals surface area contributed by atoms with E-state index in [0.29, 0.717) is 13.1 Å². The number of aryl methyl sites for hydroxylation is 1. The van der Waals surface area contributed by atoms with Crippen LogP contribution in [0.2, 0.25) is 0 Å². The Morgan fingerprint density at radius 3 is 2.95 bits per heavy atom. The number of rotatable bonds is 3. The zero-order valence-electron chi connectivity index (χ0n) is 11.3. The van der Waals surface area contributed by atoms with Gasteiger partial charge < -0.3 is 16.0 Å². The Bertz CT molecular complexity index is 498. The third-order valence-corrected chi connectivity index (χ3v) is 5.56. The molecule has 7 heteroatoms. The molecule has 1 unspecified atom stereocenters. The summed E-state index contributed by atoms with van der Waals surface area (Å²) in [4.78, 5) is 25.8. The van der Waals surface area contributed by atoms with Crippen molar-refractivity contribution in [3.05, 3.63) is 20.3 Å². The fourth-order valence-corrected chi connectivity index (χ4v) is 3.88. The van der Waals surface area contributed by atoms with Gasteiger partial charge in [-0.05, 0) is 53.2 Å². The molecular formula is C13H18BrN3O2S. The first kappa shape index (κ1) is 15.3. The van der Waals surface area contributed by atoms with Gasteiger partial charge in [0, 0.05) is 19.6 Å². The third kappa shape index (κ3) is 3.73. The molecule has 3 N–H and O–H groups in total. The summed E-state index contributed by atoms with van der Waals surface area (Å²) in [5, 5.41) is 2.62. The van der Waals surface area contributed by atoms with Crippen molar-refractivity contribution in [1.29, 1.82) is 0 Å². The largest absolute Gasteiger partial charge is 0.352 e. The summed E-state index contributed by atoms with van der Waals surface area (Å²) in [5.41, 5.74) is 6.17. The molecule has 20 heavy (non-hydrogen) atoms. The molecule has 2 rings (SSSR count). The first-order chi connectivity index (χ1) is 9.47. The van der Waals surface area contributed by atoms with Crippen molar-refractivity contribution in [3.63, 3.8) is 0 Å². The molecule has 1 aromatic rings. The van der Waals surface area contributed by atoms with Gasteiger partial charge in [-0.25, -0.2) is 4.79 Å². The molecular weight excluding hydrogens is 342 g/mol. The number of thiophene rings is 1. The van der Waals surface area contributed by atoms with Crippen molar-refractivity contribution in [2.24, 2.45) is 11.7 Å². The highest BCUT2D eigenvalue weighted by Gasteiger charge is 2.25. The van der Waals surface area contributed by atoms with E-state index in [1.807, 2.05) is 17.9 Å². The van der Waals surface area contributed by atoms with Crippen LogP contribution < -0.4 is 11.1 Å². The van der Waals surface area contributed by atoms with Crippen LogP contribution in [-0.2, 0) is 0 Å². The van der Waals surface area contributed by atoms with Crippen LogP contribution in [0.4, 0.5) is 4.79 Å². The molecule has 3 amide bonds. The average molecular weight is 360 g/mol. The second kappa shape index (κ2) is 6.58. The van der Waals surface area contributed by atoms with Gasteiger partial charge >= 0.3 is 6.03 Å². The molecule has 2 heterocycles. The predicted molar refractivity (Wildman–Crippen MR) is 83.0 cm³/mol. The van der Waals surface area contributed by atoms with Crippen molar-refractivity contribution >= 4 is 39.2 Å². The Morgan fingerprint density at radius 2 is 2.35 bits per heavy atom. The minimum atomic E-state index is -0.508. The summed E-state index contributed by atoms with van der Waals surface area (Å²) in [7, 11) is 0. The number of carbonyl (C=O) groups is 2. The lowest BCUT2D eigenvalue weighted by molar-refractivity contribution is 0.0680. The van der Waals surface area contributed by atoms with Gasteiger partial charge in [-0.15, -0.1) is 11.3 Å². The van der Waals surface area contributed by atoms with Crippen LogP contribution in [0.5, 0.6) is 0 Å². The van der Waals surface area contributed by atoms with Crippen LogP contribution in [0, 0.1) is 12.8 Å². The second-order valence-electron chi connectivity index (χ2n) is 5.07. The number of nitrogens with two attached hydrogens (primary N) is 1. The zero-order chi connectivity index (χ0) is 14.7. The molecule has 1 aliphatic heterocycles. The number of nitrogens with zero attached hydrogens (tertiary/aromatic N) is 1. The Labute approximate surface area is 130 Å². The van der Waals surface area contributed by atoms with Gasteiger partial charge in [0.25, 0.3) is 5.91 Å². The number of amides is 3. The minimum Gasteiger partial charge on any atom is -0.352 e. The number of hydrogen-bond acceptors (Lipinski definition) is 3. The van der Waals surface area contributed by atoms with Gasteiger partial charge in [-0.2, -0.15) is 0 Å². The van der Waals surface area contributed by atoms with Crippen molar-refractivity contribution in [2.45, 2.75) is 19.8 Å². The summed E-state index contributed by atoms with van der Waals surface area (Å²) in [5.74, 6) is 0.359. The Morgan fingerprint density at radius 1 is 1.60 bits per heavy atom. The number of halogens is 1. The van der Waals surface area contributed by atoms with Crippen LogP contribution in [0.3, 0.4) is 0 Å². The smallest absolute Gasteiger partial charge is 0.312 e. The lowest BCUT2D eigenvalue weighted by Crippen LogP contribution is -2.44. The molecule has 1 aliphatic rings. The predicted octanol–water partition coefficient (Wildman–Crippen LogP) is 2.34. The van der Waals surface area contributed by atoms with E-state index in [1.54, 1.807) is 0 Å². The monoisotopic (exact) mass is 359 g/mol. The quantitative estimate of drug-likeness (QED) is 0.868. The Hall–Kier alpha value is -1.08. The maximum absolute atomic E-state index is 12.5. The normalized spacial score (nSPS) is 18.9. The van der Waals surface area contributed by atoms with E-state index in [1.165, 1.54) is 11.3 Å². The first-order valence-corrected chi connectivity index (χ1v) is 8.17. The summed E-state index contributed by atoms with van der Waals surface area (Å²) in [6.07, 6.45) is 1.97. The number of carbonyl (C=O) groups excluding carboxylic acids is 2. The average Bonchev–Trinajstić information content (AvgIpc) is 2.76. The van der Waals surface area contributed by atoms with Crippen molar-refractivity contribution in [3.8, 4) is 0 Å². The molecule has 1 aromatic heterocycles. The lowest BCUT2D eigenvalue weighted by Gasteiger charge is -2.32. The highest BCUT2D eigenvalue weighted by molar-refractivity contribution is 9.11. The molecule has 110 valence electrons. The summed E-state index contributed by atoms with van der Waals surface area (Å²) < 4.78 is 1.00. The van der Waals surface area contributed by atoms with Crippen molar-refractivity contribution in [1.82, 2.24) is 10.2 Å². The molecule has 1 fully saturated rings. The number of nitrogens with one attached hydrogen (secondary N) is 1. The van der Waals surface area contributed by atoms with Gasteiger partial charge in [0.05, 0.1) is 8.66 Å². The number of primary amides is 1. The number of likely N-dealkylation sites (tertiary alicyclic amines) is 1. The van der Waals surface area contributed by atoms with Gasteiger partial charge in [-0.3, -0.25) is 4.79 Å². The van der Waals surface area contributed by atoms with Crippen LogP contribution in [-0.4, -0.2) is 36.5 Å². The topological polar surface area (TPSA) is 75.4 Å². The molecule has 0 bridgehead atoms. The van der Waals surface area contributed by atoms with Crippen LogP contribution in [0.15, 0.2) is 9.85 Å². The SMILES string of the molecule is Cc1cc(C(=O)N2CCCC(CNC(N)=O)C2)sc1Br. The van der Waals surface area contributed by atoms with Gasteiger partial charge in [-0.1, -0.05) is 0 Å². The van der Waals surface area contributed by atoms with E-state index >= 15 is 0 Å². The van der Waals surface area contributed by atoms with Gasteiger partial charge in [0.2, 0.25) is 0 Å². The van der Waals surface area contributed by atoms with Crippen LogP contribution >= 0.6 is 27.3 Å². The molecule has 1 atom stereocenters. The number of piperidine rings is 1. The van der Waals surface area contributed by atoms with E-state index in [2.05, 4.69) is 21.2 Å². The van der Waals surface area contributed by atoms with E-state index in [9.17, 15) is 9.59 Å². The molecule has 0 radical (unpaired) electrons. The molecule has 0 spiro atoms. The second-order valence-corrected chi connectivity index (χ2v) is 7.44. The lowest BCUT2D eigenvalue weighted by atomic mass is 9.98. The molecule has 0 aliphatic carbocycles. The van der Waals surface area contributed by atoms with Gasteiger partial charge in [0.15, 0.2) is 0 Å². The van der Waals surface area contributed by atoms with Crippen molar-refractivity contribution < 1.29 is 9.59 Å². The Kier molecular flexibility index (Phi) is 5.04. The summed E-state index contributed by atoms with van der Waals surface area (Å²) >= 11 is 4.92. The fraction of sp³-hybridized carbons (Fsp3) is 0.538. The maximum atomic E-state index is 12.5.